The van der Waals surface area contributed by atoms with E-state index in [2.05, 4.69) is 32.7 Å². The van der Waals surface area contributed by atoms with Gasteiger partial charge in [-0.1, -0.05) is 0 Å². The van der Waals surface area contributed by atoms with Crippen LogP contribution in [0.1, 0.15) is 23.8 Å². The fourth-order valence-electron chi connectivity index (χ4n) is 2.16. The van der Waals surface area contributed by atoms with Crippen LogP contribution in [0.2, 0.25) is 0 Å². The monoisotopic (exact) mass is 289 g/mol. The lowest BCUT2D eigenvalue weighted by atomic mass is 9.91. The van der Waals surface area contributed by atoms with Crippen molar-refractivity contribution in [2.24, 2.45) is 5.92 Å². The van der Waals surface area contributed by atoms with Gasteiger partial charge in [-0.2, -0.15) is 0 Å². The first kappa shape index (κ1) is 11.6. The van der Waals surface area contributed by atoms with Crippen molar-refractivity contribution in [3.8, 4) is 0 Å². The zero-order chi connectivity index (χ0) is 10.7. The summed E-state index contributed by atoms with van der Waals surface area (Å²) in [6, 6.07) is 2.60. The molecule has 0 aromatic carbocycles. The maximum Gasteiger partial charge on any atom is 0.0469 e. The molecule has 0 saturated carbocycles. The van der Waals surface area contributed by atoms with Crippen molar-refractivity contribution in [3.63, 3.8) is 0 Å². The van der Waals surface area contributed by atoms with Crippen LogP contribution in [0.4, 0.5) is 0 Å². The Kier molecular flexibility index (Phi) is 4.20. The summed E-state index contributed by atoms with van der Waals surface area (Å²) in [4.78, 5) is 1.42. The summed E-state index contributed by atoms with van der Waals surface area (Å²) >= 11 is 5.44. The topological polar surface area (TPSA) is 21.3 Å². The third kappa shape index (κ3) is 2.61. The van der Waals surface area contributed by atoms with E-state index in [-0.39, 0.29) is 0 Å². The molecule has 1 aromatic rings. The number of halogens is 1. The molecule has 0 spiro atoms. The number of rotatable bonds is 3. The van der Waals surface area contributed by atoms with E-state index in [0.717, 1.165) is 26.1 Å². The van der Waals surface area contributed by atoms with Gasteiger partial charge < -0.3 is 10.1 Å². The summed E-state index contributed by atoms with van der Waals surface area (Å²) in [6.07, 6.45) is 2.33. The Balaban J connectivity index is 2.12. The van der Waals surface area contributed by atoms with Gasteiger partial charge >= 0.3 is 0 Å². The molecule has 2 heterocycles. The van der Waals surface area contributed by atoms with Crippen LogP contribution in [0.5, 0.6) is 0 Å². The van der Waals surface area contributed by atoms with Crippen molar-refractivity contribution >= 4 is 27.3 Å². The lowest BCUT2D eigenvalue weighted by Gasteiger charge is -2.29. The summed E-state index contributed by atoms with van der Waals surface area (Å²) in [5, 5.41) is 5.58. The molecule has 1 saturated heterocycles. The van der Waals surface area contributed by atoms with Gasteiger partial charge in [-0.15, -0.1) is 11.3 Å². The van der Waals surface area contributed by atoms with Gasteiger partial charge in [0.15, 0.2) is 0 Å². The summed E-state index contributed by atoms with van der Waals surface area (Å²) < 4.78 is 6.64. The summed E-state index contributed by atoms with van der Waals surface area (Å²) in [5.74, 6) is 0.707. The Labute approximate surface area is 103 Å². The van der Waals surface area contributed by atoms with Crippen LogP contribution in [-0.2, 0) is 4.74 Å². The molecular formula is C11H16BrNOS. The average Bonchev–Trinajstić information content (AvgIpc) is 2.68. The minimum absolute atomic E-state index is 0.475. The summed E-state index contributed by atoms with van der Waals surface area (Å²) in [6.45, 7) is 1.82. The van der Waals surface area contributed by atoms with Crippen molar-refractivity contribution in [1.82, 2.24) is 5.32 Å². The number of ether oxygens (including phenoxy) is 1. The van der Waals surface area contributed by atoms with E-state index < -0.39 is 0 Å². The van der Waals surface area contributed by atoms with Crippen LogP contribution in [0, 0.1) is 5.92 Å². The predicted molar refractivity (Wildman–Crippen MR) is 67.4 cm³/mol. The minimum Gasteiger partial charge on any atom is -0.381 e. The number of nitrogens with one attached hydrogen (secondary N) is 1. The fourth-order valence-corrected chi connectivity index (χ4v) is 3.98. The van der Waals surface area contributed by atoms with Gasteiger partial charge in [-0.3, -0.25) is 0 Å². The number of hydrogen-bond acceptors (Lipinski definition) is 3. The van der Waals surface area contributed by atoms with Gasteiger partial charge in [-0.25, -0.2) is 0 Å². The van der Waals surface area contributed by atoms with Gasteiger partial charge in [0.05, 0.1) is 0 Å². The average molecular weight is 290 g/mol. The van der Waals surface area contributed by atoms with Gasteiger partial charge in [-0.05, 0) is 53.2 Å². The van der Waals surface area contributed by atoms with Crippen LogP contribution < -0.4 is 5.32 Å². The van der Waals surface area contributed by atoms with Crippen molar-refractivity contribution in [1.29, 1.82) is 0 Å². The van der Waals surface area contributed by atoms with Crippen molar-refractivity contribution in [2.45, 2.75) is 18.9 Å². The van der Waals surface area contributed by atoms with Crippen LogP contribution in [0.25, 0.3) is 0 Å². The minimum atomic E-state index is 0.475. The molecule has 0 amide bonds. The van der Waals surface area contributed by atoms with Gasteiger partial charge in [0.1, 0.15) is 0 Å². The van der Waals surface area contributed by atoms with E-state index in [9.17, 15) is 0 Å². The first-order valence-electron chi connectivity index (χ1n) is 5.31. The van der Waals surface area contributed by atoms with Crippen LogP contribution >= 0.6 is 27.3 Å². The molecule has 2 rings (SSSR count). The molecule has 1 fully saturated rings. The van der Waals surface area contributed by atoms with Crippen molar-refractivity contribution < 1.29 is 4.74 Å². The van der Waals surface area contributed by atoms with E-state index in [1.165, 1.54) is 9.35 Å². The second kappa shape index (κ2) is 5.43. The number of hydrogen-bond donors (Lipinski definition) is 1. The zero-order valence-electron chi connectivity index (χ0n) is 8.83. The molecule has 0 radical (unpaired) electrons. The molecule has 2 nitrogen and oxygen atoms in total. The molecule has 1 unspecified atom stereocenters. The van der Waals surface area contributed by atoms with Crippen LogP contribution in [-0.4, -0.2) is 20.3 Å². The first-order valence-corrected chi connectivity index (χ1v) is 6.98. The SMILES string of the molecule is CNC(c1sccc1Br)C1CCOCC1. The number of thiophene rings is 1. The quantitative estimate of drug-likeness (QED) is 0.923. The molecule has 1 atom stereocenters. The van der Waals surface area contributed by atoms with E-state index >= 15 is 0 Å². The van der Waals surface area contributed by atoms with Crippen molar-refractivity contribution in [3.05, 3.63) is 20.8 Å². The van der Waals surface area contributed by atoms with Crippen LogP contribution in [0.15, 0.2) is 15.9 Å². The van der Waals surface area contributed by atoms with Gasteiger partial charge in [0, 0.05) is 28.6 Å². The molecule has 0 bridgehead atoms. The second-order valence-corrected chi connectivity index (χ2v) is 5.65. The molecule has 84 valence electrons. The normalized spacial score (nSPS) is 20.4. The van der Waals surface area contributed by atoms with Gasteiger partial charge in [0.2, 0.25) is 0 Å². The predicted octanol–water partition coefficient (Wildman–Crippen LogP) is 3.20. The lowest BCUT2D eigenvalue weighted by Crippen LogP contribution is -2.29. The van der Waals surface area contributed by atoms with E-state index in [4.69, 9.17) is 4.74 Å². The van der Waals surface area contributed by atoms with E-state index in [0.29, 0.717) is 12.0 Å². The highest BCUT2D eigenvalue weighted by Gasteiger charge is 2.26. The smallest absolute Gasteiger partial charge is 0.0469 e. The highest BCUT2D eigenvalue weighted by Crippen LogP contribution is 2.36. The standard InChI is InChI=1S/C11H16BrNOS/c1-13-10(8-2-5-14-6-3-8)11-9(12)4-7-15-11/h4,7-8,10,13H,2-3,5-6H2,1H3. The van der Waals surface area contributed by atoms with Gasteiger partial charge in [0.25, 0.3) is 0 Å². The summed E-state index contributed by atoms with van der Waals surface area (Å²) in [7, 11) is 2.05. The third-order valence-corrected chi connectivity index (χ3v) is 4.93. The van der Waals surface area contributed by atoms with E-state index in [1.807, 2.05) is 18.4 Å². The fraction of sp³-hybridized carbons (Fsp3) is 0.636. The third-order valence-electron chi connectivity index (χ3n) is 2.98. The Bertz CT molecular complexity index is 309. The molecule has 4 heteroatoms. The Hall–Kier alpha value is 0.1000. The van der Waals surface area contributed by atoms with Crippen molar-refractivity contribution in [2.75, 3.05) is 20.3 Å². The van der Waals surface area contributed by atoms with E-state index in [1.54, 1.807) is 0 Å². The maximum absolute atomic E-state index is 5.41. The molecule has 15 heavy (non-hydrogen) atoms. The molecular weight excluding hydrogens is 274 g/mol. The molecule has 0 aliphatic carbocycles. The Morgan fingerprint density at radius 3 is 2.80 bits per heavy atom. The summed E-state index contributed by atoms with van der Waals surface area (Å²) in [5.41, 5.74) is 0. The second-order valence-electron chi connectivity index (χ2n) is 3.85. The molecule has 1 aliphatic rings. The highest BCUT2D eigenvalue weighted by molar-refractivity contribution is 9.10. The Morgan fingerprint density at radius 1 is 1.53 bits per heavy atom. The Morgan fingerprint density at radius 2 is 2.27 bits per heavy atom. The highest BCUT2D eigenvalue weighted by atomic mass is 79.9. The largest absolute Gasteiger partial charge is 0.381 e. The van der Waals surface area contributed by atoms with Crippen LogP contribution in [0.3, 0.4) is 0 Å². The molecule has 1 N–H and O–H groups in total. The molecule has 1 aliphatic heterocycles. The zero-order valence-corrected chi connectivity index (χ0v) is 11.2. The maximum atomic E-state index is 5.41. The molecule has 1 aromatic heterocycles. The lowest BCUT2D eigenvalue weighted by molar-refractivity contribution is 0.0550. The first-order chi connectivity index (χ1) is 7.33.